The normalized spacial score (nSPS) is 30.9. The van der Waals surface area contributed by atoms with Crippen LogP contribution in [0.1, 0.15) is 58.1 Å². The van der Waals surface area contributed by atoms with Gasteiger partial charge in [0.25, 0.3) is 0 Å². The molecule has 1 saturated carbocycles. The molecule has 0 aromatic heterocycles. The summed E-state index contributed by atoms with van der Waals surface area (Å²) in [5.74, 6) is -3.57. The Kier molecular flexibility index (Phi) is 7.11. The lowest BCUT2D eigenvalue weighted by Crippen LogP contribution is -2.58. The molecule has 12 nitrogen and oxygen atoms in total. The van der Waals surface area contributed by atoms with Crippen LogP contribution >= 0.6 is 0 Å². The van der Waals surface area contributed by atoms with Crippen molar-refractivity contribution < 1.29 is 42.9 Å². The van der Waals surface area contributed by atoms with Crippen molar-refractivity contribution in [3.63, 3.8) is 0 Å². The number of carboxylic acids is 1. The van der Waals surface area contributed by atoms with E-state index in [9.17, 15) is 33.5 Å². The van der Waals surface area contributed by atoms with Crippen LogP contribution in [0.2, 0.25) is 0 Å². The van der Waals surface area contributed by atoms with Crippen LogP contribution in [0.15, 0.2) is 18.2 Å². The summed E-state index contributed by atoms with van der Waals surface area (Å²) in [5, 5.41) is 15.3. The van der Waals surface area contributed by atoms with Gasteiger partial charge in [-0.2, -0.15) is 0 Å². The molecule has 222 valence electrons. The number of fused-ring (bicyclic) bond motifs is 3. The molecule has 3 heterocycles. The summed E-state index contributed by atoms with van der Waals surface area (Å²) in [6, 6.07) is 2.40. The number of nitrogens with one attached hydrogen (secondary N) is 2. The number of rotatable bonds is 3. The number of halogens is 1. The Hall–Kier alpha value is -3.90. The first-order valence-electron chi connectivity index (χ1n) is 13.8. The average Bonchev–Trinajstić information content (AvgIpc) is 3.21. The quantitative estimate of drug-likeness (QED) is 0.496. The highest BCUT2D eigenvalue weighted by atomic mass is 19.1. The van der Waals surface area contributed by atoms with Gasteiger partial charge in [-0.25, -0.2) is 18.8 Å². The molecule has 4 amide bonds. The predicted molar refractivity (Wildman–Crippen MR) is 140 cm³/mol. The lowest BCUT2D eigenvalue weighted by atomic mass is 9.92. The Labute approximate surface area is 236 Å². The number of nitrogens with zero attached hydrogens (tertiary/aromatic N) is 2. The second-order valence-electron chi connectivity index (χ2n) is 12.5. The van der Waals surface area contributed by atoms with Crippen LogP contribution in [-0.4, -0.2) is 80.7 Å². The maximum Gasteiger partial charge on any atom is 0.410 e. The second kappa shape index (κ2) is 10.2. The van der Waals surface area contributed by atoms with Crippen molar-refractivity contribution in [2.45, 2.75) is 89.4 Å². The molecule has 2 saturated heterocycles. The van der Waals surface area contributed by atoms with Crippen molar-refractivity contribution in [2.24, 2.45) is 11.8 Å². The van der Waals surface area contributed by atoms with Gasteiger partial charge in [-0.3, -0.25) is 14.5 Å². The van der Waals surface area contributed by atoms with Gasteiger partial charge in [-0.05, 0) is 57.1 Å². The third-order valence-corrected chi connectivity index (χ3v) is 8.33. The third-order valence-electron chi connectivity index (χ3n) is 8.33. The largest absolute Gasteiger partial charge is 0.479 e. The number of hydrogen-bond acceptors (Lipinski definition) is 7. The van der Waals surface area contributed by atoms with Gasteiger partial charge in [0.05, 0.1) is 13.1 Å². The van der Waals surface area contributed by atoms with Gasteiger partial charge in [-0.15, -0.1) is 0 Å². The molecule has 0 bridgehead atoms. The number of ether oxygens (including phenoxy) is 2. The molecule has 3 fully saturated rings. The van der Waals surface area contributed by atoms with E-state index in [0.29, 0.717) is 11.1 Å². The molecule has 41 heavy (non-hydrogen) atoms. The molecular formula is C28H35FN4O8. The topological polar surface area (TPSA) is 155 Å². The Balaban J connectivity index is 1.36. The van der Waals surface area contributed by atoms with Crippen LogP contribution in [0.25, 0.3) is 0 Å². The maximum absolute atomic E-state index is 14.2. The number of benzene rings is 1. The minimum Gasteiger partial charge on any atom is -0.479 e. The number of aliphatic carboxylic acids is 1. The lowest BCUT2D eigenvalue weighted by Gasteiger charge is -2.33. The van der Waals surface area contributed by atoms with E-state index < -0.39 is 71.0 Å². The van der Waals surface area contributed by atoms with Gasteiger partial charge in [0.15, 0.2) is 0 Å². The van der Waals surface area contributed by atoms with Crippen LogP contribution in [-0.2, 0) is 36.9 Å². The van der Waals surface area contributed by atoms with E-state index in [1.54, 1.807) is 39.8 Å². The summed E-state index contributed by atoms with van der Waals surface area (Å²) < 4.78 is 25.2. The zero-order valence-electron chi connectivity index (χ0n) is 23.4. The van der Waals surface area contributed by atoms with E-state index in [0.717, 1.165) is 0 Å². The fraction of sp³-hybridized carbons (Fsp3) is 0.607. The van der Waals surface area contributed by atoms with E-state index in [-0.39, 0.29) is 44.8 Å². The molecular weight excluding hydrogens is 539 g/mol. The van der Waals surface area contributed by atoms with Gasteiger partial charge in [-0.1, -0.05) is 19.1 Å². The van der Waals surface area contributed by atoms with E-state index in [4.69, 9.17) is 9.47 Å². The Morgan fingerprint density at radius 3 is 2.56 bits per heavy atom. The van der Waals surface area contributed by atoms with Crippen molar-refractivity contribution in [1.82, 2.24) is 20.4 Å². The highest BCUT2D eigenvalue weighted by molar-refractivity contribution is 5.96. The Morgan fingerprint density at radius 1 is 1.17 bits per heavy atom. The molecule has 0 unspecified atom stereocenters. The molecule has 0 radical (unpaired) electrons. The van der Waals surface area contributed by atoms with Crippen molar-refractivity contribution in [2.75, 3.05) is 6.54 Å². The number of hydrogen-bond donors (Lipinski definition) is 3. The Bertz CT molecular complexity index is 1300. The lowest BCUT2D eigenvalue weighted by molar-refractivity contribution is -0.146. The monoisotopic (exact) mass is 574 g/mol. The molecule has 1 aliphatic carbocycles. The van der Waals surface area contributed by atoms with Crippen molar-refractivity contribution >= 4 is 30.0 Å². The first-order valence-corrected chi connectivity index (χ1v) is 13.8. The predicted octanol–water partition coefficient (Wildman–Crippen LogP) is 2.14. The summed E-state index contributed by atoms with van der Waals surface area (Å²) in [4.78, 5) is 67.7. The summed E-state index contributed by atoms with van der Waals surface area (Å²) in [6.07, 6.45) is -2.16. The number of carboxylic acid groups (broad SMARTS) is 1. The number of alkyl carbamates (subject to hydrolysis) is 1. The number of carbonyl (C=O) groups excluding carboxylic acids is 4. The van der Waals surface area contributed by atoms with Crippen LogP contribution in [0.3, 0.4) is 0 Å². The minimum atomic E-state index is -1.47. The van der Waals surface area contributed by atoms with Gasteiger partial charge in [0, 0.05) is 18.5 Å². The average molecular weight is 575 g/mol. The van der Waals surface area contributed by atoms with Crippen molar-refractivity contribution in [3.8, 4) is 0 Å². The number of amides is 4. The first-order chi connectivity index (χ1) is 19.2. The van der Waals surface area contributed by atoms with Crippen molar-refractivity contribution in [1.29, 1.82) is 0 Å². The summed E-state index contributed by atoms with van der Waals surface area (Å²) in [6.45, 7) is 6.88. The first kappa shape index (κ1) is 28.6. The van der Waals surface area contributed by atoms with Crippen LogP contribution in [0.4, 0.5) is 14.0 Å². The van der Waals surface area contributed by atoms with Crippen LogP contribution < -0.4 is 10.6 Å². The Morgan fingerprint density at radius 2 is 1.90 bits per heavy atom. The third kappa shape index (κ3) is 5.53. The van der Waals surface area contributed by atoms with Gasteiger partial charge >= 0.3 is 18.2 Å². The fourth-order valence-corrected chi connectivity index (χ4v) is 6.23. The van der Waals surface area contributed by atoms with Gasteiger partial charge in [0.1, 0.15) is 35.1 Å². The SMILES string of the molecule is C[C@H]1C[C@H](NC(=O)OC(C)(C)C)C(=O)N2C[C@H](OC(=O)N3Cc4cccc(F)c4C3)C[C@H]2C(=O)N[C@]2(C(=O)O)C[C@@H]12. The maximum atomic E-state index is 14.2. The fourth-order valence-electron chi connectivity index (χ4n) is 6.23. The van der Waals surface area contributed by atoms with Gasteiger partial charge in [0.2, 0.25) is 11.8 Å². The standard InChI is InChI=1S/C28H35FN4O8/c1-14-8-20(30-25(38)41-27(2,3)4)23(35)33-12-16(9-21(33)22(34)31-28(24(36)37)10-18(14)28)40-26(39)32-11-15-6-5-7-19(29)17(15)13-32/h5-7,14,16,18,20-21H,8-13H2,1-4H3,(H,30,38)(H,31,34)(H,36,37)/t14-,16+,18-,20-,21-,28+/m0/s1. The smallest absolute Gasteiger partial charge is 0.410 e. The van der Waals surface area contributed by atoms with E-state index in [2.05, 4.69) is 10.6 Å². The molecule has 1 aromatic rings. The second-order valence-corrected chi connectivity index (χ2v) is 12.5. The van der Waals surface area contributed by atoms with E-state index in [1.807, 2.05) is 0 Å². The molecule has 6 atom stereocenters. The summed E-state index contributed by atoms with van der Waals surface area (Å²) in [7, 11) is 0. The van der Waals surface area contributed by atoms with Gasteiger partial charge < -0.3 is 30.1 Å². The zero-order valence-corrected chi connectivity index (χ0v) is 23.4. The number of carbonyl (C=O) groups is 5. The minimum absolute atomic E-state index is 0.0302. The van der Waals surface area contributed by atoms with Crippen LogP contribution in [0.5, 0.6) is 0 Å². The highest BCUT2D eigenvalue weighted by Crippen LogP contribution is 2.50. The molecule has 0 spiro atoms. The van der Waals surface area contributed by atoms with E-state index >= 15 is 0 Å². The highest BCUT2D eigenvalue weighted by Gasteiger charge is 2.65. The van der Waals surface area contributed by atoms with Crippen LogP contribution in [0, 0.1) is 17.7 Å². The summed E-state index contributed by atoms with van der Waals surface area (Å²) >= 11 is 0. The molecule has 13 heteroatoms. The molecule has 5 rings (SSSR count). The zero-order chi connectivity index (χ0) is 29.9. The molecule has 3 N–H and O–H groups in total. The van der Waals surface area contributed by atoms with E-state index in [1.165, 1.54) is 15.9 Å². The molecule has 1 aromatic carbocycles. The summed E-state index contributed by atoms with van der Waals surface area (Å²) in [5.41, 5.74) is -1.22. The van der Waals surface area contributed by atoms with Crippen molar-refractivity contribution in [3.05, 3.63) is 35.1 Å². The molecule has 3 aliphatic heterocycles. The molecule has 4 aliphatic rings.